The van der Waals surface area contributed by atoms with Gasteiger partial charge in [-0.3, -0.25) is 4.90 Å². The van der Waals surface area contributed by atoms with Crippen LogP contribution in [0.4, 0.5) is 11.8 Å². The highest BCUT2D eigenvalue weighted by atomic mass is 32.2. The Morgan fingerprint density at radius 3 is 2.50 bits per heavy atom. The van der Waals surface area contributed by atoms with Crippen LogP contribution in [0.2, 0.25) is 0 Å². The van der Waals surface area contributed by atoms with Crippen LogP contribution in [0.15, 0.2) is 6.20 Å². The van der Waals surface area contributed by atoms with Crippen molar-refractivity contribution >= 4 is 39.1 Å². The van der Waals surface area contributed by atoms with E-state index < -0.39 is 10.0 Å². The largest absolute Gasteiger partial charge is 0.351 e. The molecule has 2 aliphatic heterocycles. The summed E-state index contributed by atoms with van der Waals surface area (Å²) in [7, 11) is -1.09. The lowest BCUT2D eigenvalue weighted by atomic mass is 10.1. The minimum atomic E-state index is -3.11. The molecule has 1 saturated carbocycles. The van der Waals surface area contributed by atoms with E-state index in [4.69, 9.17) is 17.2 Å². The quantitative estimate of drug-likeness (QED) is 0.733. The van der Waals surface area contributed by atoms with E-state index in [0.29, 0.717) is 25.1 Å². The Labute approximate surface area is 172 Å². The minimum Gasteiger partial charge on any atom is -0.351 e. The fraction of sp³-hybridized carbons (Fsp3) is 0.722. The molecule has 2 fully saturated rings. The third kappa shape index (κ3) is 3.95. The minimum absolute atomic E-state index is 0.175. The molecule has 10 heteroatoms. The molecule has 0 unspecified atom stereocenters. The molecule has 0 aromatic carbocycles. The number of thiocarbonyl (C=S) groups is 1. The number of nitrogens with zero attached hydrogens (tertiary/aromatic N) is 5. The second-order valence-corrected chi connectivity index (χ2v) is 10.4. The Kier molecular flexibility index (Phi) is 5.45. The first kappa shape index (κ1) is 19.8. The molecule has 0 radical (unpaired) electrons. The monoisotopic (exact) mass is 424 g/mol. The molecular formula is C18H28N6O2S2. The maximum absolute atomic E-state index is 11.7. The molecule has 4 rings (SSSR count). The molecule has 3 aliphatic rings. The van der Waals surface area contributed by atoms with Gasteiger partial charge in [0, 0.05) is 50.5 Å². The zero-order chi connectivity index (χ0) is 19.9. The summed E-state index contributed by atoms with van der Waals surface area (Å²) in [6.45, 7) is 1.79. The third-order valence-electron chi connectivity index (χ3n) is 5.96. The van der Waals surface area contributed by atoms with Crippen LogP contribution in [0.1, 0.15) is 44.1 Å². The van der Waals surface area contributed by atoms with E-state index in [-0.39, 0.29) is 6.04 Å². The van der Waals surface area contributed by atoms with Crippen LogP contribution in [-0.2, 0) is 16.6 Å². The van der Waals surface area contributed by atoms with Gasteiger partial charge in [0.25, 0.3) is 0 Å². The number of sulfonamides is 1. The number of hydrogen-bond acceptors (Lipinski definition) is 6. The highest BCUT2D eigenvalue weighted by molar-refractivity contribution is 7.88. The molecule has 28 heavy (non-hydrogen) atoms. The summed E-state index contributed by atoms with van der Waals surface area (Å²) < 4.78 is 24.9. The molecule has 0 amide bonds. The number of hydrogen-bond donors (Lipinski definition) is 1. The van der Waals surface area contributed by atoms with E-state index in [1.807, 2.05) is 13.2 Å². The number of fused-ring (bicyclic) bond motifs is 1. The van der Waals surface area contributed by atoms with Crippen LogP contribution in [0, 0.1) is 0 Å². The van der Waals surface area contributed by atoms with E-state index in [0.717, 1.165) is 48.7 Å². The van der Waals surface area contributed by atoms with E-state index in [1.165, 1.54) is 23.4 Å². The first-order valence-corrected chi connectivity index (χ1v) is 12.2. The van der Waals surface area contributed by atoms with Gasteiger partial charge in [-0.25, -0.2) is 17.7 Å². The van der Waals surface area contributed by atoms with E-state index in [2.05, 4.69) is 20.1 Å². The van der Waals surface area contributed by atoms with Gasteiger partial charge in [-0.2, -0.15) is 4.98 Å². The number of aromatic nitrogens is 2. The summed E-state index contributed by atoms with van der Waals surface area (Å²) in [4.78, 5) is 13.7. The molecule has 154 valence electrons. The van der Waals surface area contributed by atoms with Gasteiger partial charge >= 0.3 is 0 Å². The van der Waals surface area contributed by atoms with Gasteiger partial charge in [0.15, 0.2) is 5.11 Å². The molecule has 1 saturated heterocycles. The topological polar surface area (TPSA) is 81.7 Å². The average Bonchev–Trinajstić information content (AvgIpc) is 3.17. The number of anilines is 2. The van der Waals surface area contributed by atoms with Crippen molar-refractivity contribution in [3.63, 3.8) is 0 Å². The number of piperidine rings is 1. The SMILES string of the molecule is CN1Cc2cnc(NC3CCN(S(C)(=O)=O)CC3)nc2N(C2CCCC2)C1=S. The second-order valence-electron chi connectivity index (χ2n) is 8.07. The van der Waals surface area contributed by atoms with Crippen molar-refractivity contribution in [2.45, 2.75) is 57.2 Å². The predicted molar refractivity (Wildman–Crippen MR) is 114 cm³/mol. The molecule has 1 N–H and O–H groups in total. The molecule has 1 aromatic rings. The zero-order valence-electron chi connectivity index (χ0n) is 16.5. The summed E-state index contributed by atoms with van der Waals surface area (Å²) >= 11 is 5.72. The fourth-order valence-electron chi connectivity index (χ4n) is 4.39. The Morgan fingerprint density at radius 1 is 1.18 bits per heavy atom. The number of rotatable bonds is 4. The summed E-state index contributed by atoms with van der Waals surface area (Å²) in [5, 5.41) is 4.25. The molecule has 0 bridgehead atoms. The summed E-state index contributed by atoms with van der Waals surface area (Å²) in [6.07, 6.45) is 9.42. The zero-order valence-corrected chi connectivity index (χ0v) is 18.1. The van der Waals surface area contributed by atoms with Gasteiger partial charge in [-0.05, 0) is 37.9 Å². The lowest BCUT2D eigenvalue weighted by molar-refractivity contribution is 0.331. The highest BCUT2D eigenvalue weighted by Gasteiger charge is 2.34. The lowest BCUT2D eigenvalue weighted by Crippen LogP contribution is -2.50. The van der Waals surface area contributed by atoms with Gasteiger partial charge in [-0.15, -0.1) is 0 Å². The Bertz CT molecular complexity index is 848. The van der Waals surface area contributed by atoms with Gasteiger partial charge in [0.05, 0.1) is 6.26 Å². The molecule has 1 aromatic heterocycles. The third-order valence-corrected chi connectivity index (χ3v) is 7.77. The van der Waals surface area contributed by atoms with E-state index in [9.17, 15) is 8.42 Å². The molecule has 0 atom stereocenters. The maximum Gasteiger partial charge on any atom is 0.224 e. The average molecular weight is 425 g/mol. The van der Waals surface area contributed by atoms with Crippen LogP contribution in [-0.4, -0.2) is 71.2 Å². The standard InChI is InChI=1S/C18H28N6O2S2/c1-22-12-13-11-19-17(20-14-7-9-23(10-8-14)28(2,25)26)21-16(13)24(18(22)27)15-5-3-4-6-15/h11,14-15H,3-10,12H2,1-2H3,(H,19,20,21). The van der Waals surface area contributed by atoms with E-state index in [1.54, 1.807) is 0 Å². The molecular weight excluding hydrogens is 396 g/mol. The van der Waals surface area contributed by atoms with Crippen LogP contribution < -0.4 is 10.2 Å². The fourth-order valence-corrected chi connectivity index (χ4v) is 5.57. The first-order chi connectivity index (χ1) is 13.3. The van der Waals surface area contributed by atoms with Crippen LogP contribution in [0.25, 0.3) is 0 Å². The smallest absolute Gasteiger partial charge is 0.224 e. The van der Waals surface area contributed by atoms with Crippen LogP contribution >= 0.6 is 12.2 Å². The summed E-state index contributed by atoms with van der Waals surface area (Å²) in [5.41, 5.74) is 1.10. The van der Waals surface area contributed by atoms with Crippen LogP contribution in [0.5, 0.6) is 0 Å². The van der Waals surface area contributed by atoms with Gasteiger partial charge < -0.3 is 10.2 Å². The maximum atomic E-state index is 11.7. The molecule has 0 spiro atoms. The van der Waals surface area contributed by atoms with Crippen molar-refractivity contribution in [3.05, 3.63) is 11.8 Å². The van der Waals surface area contributed by atoms with Crippen molar-refractivity contribution in [1.82, 2.24) is 19.2 Å². The summed E-state index contributed by atoms with van der Waals surface area (Å²) in [6, 6.07) is 0.587. The van der Waals surface area contributed by atoms with E-state index >= 15 is 0 Å². The number of nitrogens with one attached hydrogen (secondary N) is 1. The van der Waals surface area contributed by atoms with Gasteiger partial charge in [-0.1, -0.05) is 12.8 Å². The van der Waals surface area contributed by atoms with Crippen molar-refractivity contribution in [2.24, 2.45) is 0 Å². The van der Waals surface area contributed by atoms with Gasteiger partial charge in [0.1, 0.15) is 5.82 Å². The first-order valence-electron chi connectivity index (χ1n) is 9.95. The van der Waals surface area contributed by atoms with Gasteiger partial charge in [0.2, 0.25) is 16.0 Å². The Morgan fingerprint density at radius 2 is 1.86 bits per heavy atom. The molecule has 3 heterocycles. The van der Waals surface area contributed by atoms with Crippen molar-refractivity contribution in [2.75, 3.05) is 36.6 Å². The van der Waals surface area contributed by atoms with Crippen molar-refractivity contribution < 1.29 is 8.42 Å². The lowest BCUT2D eigenvalue weighted by Gasteiger charge is -2.40. The Balaban J connectivity index is 1.51. The predicted octanol–water partition coefficient (Wildman–Crippen LogP) is 1.79. The van der Waals surface area contributed by atoms with Crippen molar-refractivity contribution in [3.8, 4) is 0 Å². The highest BCUT2D eigenvalue weighted by Crippen LogP contribution is 2.34. The second kappa shape index (κ2) is 7.72. The molecule has 8 nitrogen and oxygen atoms in total. The normalized spacial score (nSPS) is 22.6. The molecule has 1 aliphatic carbocycles. The van der Waals surface area contributed by atoms with Crippen LogP contribution in [0.3, 0.4) is 0 Å². The Hall–Kier alpha value is -1.52. The summed E-state index contributed by atoms with van der Waals surface area (Å²) in [5.74, 6) is 1.54. The van der Waals surface area contributed by atoms with Crippen molar-refractivity contribution in [1.29, 1.82) is 0 Å².